The molecule has 1 aromatic heterocycles. The van der Waals surface area contributed by atoms with Crippen LogP contribution in [0.5, 0.6) is 0 Å². The van der Waals surface area contributed by atoms with Crippen molar-refractivity contribution in [1.29, 1.82) is 0 Å². The van der Waals surface area contributed by atoms with Gasteiger partial charge >= 0.3 is 0 Å². The molecule has 2 aliphatic rings. The van der Waals surface area contributed by atoms with E-state index < -0.39 is 0 Å². The molecular formula is C20H25N3OS. The van der Waals surface area contributed by atoms with E-state index in [-0.39, 0.29) is 11.3 Å². The quantitative estimate of drug-likeness (QED) is 0.866. The van der Waals surface area contributed by atoms with Gasteiger partial charge in [0.15, 0.2) is 0 Å². The Balaban J connectivity index is 1.54. The lowest BCUT2D eigenvalue weighted by Crippen LogP contribution is -2.49. The number of aromatic nitrogens is 1. The van der Waals surface area contributed by atoms with Crippen LogP contribution >= 0.6 is 11.3 Å². The minimum atomic E-state index is -0.322. The van der Waals surface area contributed by atoms with E-state index in [4.69, 9.17) is 0 Å². The second-order valence-corrected chi connectivity index (χ2v) is 8.73. The highest BCUT2D eigenvalue weighted by atomic mass is 32.1. The van der Waals surface area contributed by atoms with E-state index in [1.807, 2.05) is 19.9 Å². The lowest BCUT2D eigenvalue weighted by atomic mass is 9.69. The van der Waals surface area contributed by atoms with Crippen LogP contribution in [0.4, 0.5) is 0 Å². The highest BCUT2D eigenvalue weighted by molar-refractivity contribution is 7.11. The maximum Gasteiger partial charge on any atom is 0.228 e. The van der Waals surface area contributed by atoms with Gasteiger partial charge in [-0.15, -0.1) is 11.3 Å². The number of amides is 1. The predicted octanol–water partition coefficient (Wildman–Crippen LogP) is 3.13. The van der Waals surface area contributed by atoms with Gasteiger partial charge in [0.1, 0.15) is 0 Å². The van der Waals surface area contributed by atoms with Crippen LogP contribution < -0.4 is 10.6 Å². The lowest BCUT2D eigenvalue weighted by Gasteiger charge is -2.35. The summed E-state index contributed by atoms with van der Waals surface area (Å²) in [4.78, 5) is 18.9. The Kier molecular flexibility index (Phi) is 4.38. The van der Waals surface area contributed by atoms with Crippen LogP contribution in [0.1, 0.15) is 40.4 Å². The SMILES string of the molecule is Cc1nc(C)c(CNC(=O)[C@]2(Cc3ccccc3)C[C@@H]3CC[C@H]2N3)s1. The maximum absolute atomic E-state index is 13.3. The van der Waals surface area contributed by atoms with E-state index in [2.05, 4.69) is 39.9 Å². The Bertz CT molecular complexity index is 773. The van der Waals surface area contributed by atoms with Gasteiger partial charge in [-0.25, -0.2) is 4.98 Å². The van der Waals surface area contributed by atoms with E-state index in [1.165, 1.54) is 12.0 Å². The van der Waals surface area contributed by atoms with Crippen molar-refractivity contribution >= 4 is 17.2 Å². The molecule has 2 saturated heterocycles. The third kappa shape index (κ3) is 3.11. The van der Waals surface area contributed by atoms with Crippen molar-refractivity contribution in [3.63, 3.8) is 0 Å². The van der Waals surface area contributed by atoms with Crippen molar-refractivity contribution in [3.05, 3.63) is 51.5 Å². The minimum Gasteiger partial charge on any atom is -0.351 e. The molecule has 0 unspecified atom stereocenters. The average molecular weight is 356 g/mol. The van der Waals surface area contributed by atoms with Gasteiger partial charge in [0.25, 0.3) is 0 Å². The number of fused-ring (bicyclic) bond motifs is 2. The largest absolute Gasteiger partial charge is 0.351 e. The first-order valence-corrected chi connectivity index (χ1v) is 9.90. The molecule has 132 valence electrons. The number of nitrogens with zero attached hydrogens (tertiary/aromatic N) is 1. The van der Waals surface area contributed by atoms with Crippen molar-refractivity contribution in [3.8, 4) is 0 Å². The van der Waals surface area contributed by atoms with Crippen molar-refractivity contribution in [2.45, 2.75) is 58.2 Å². The summed E-state index contributed by atoms with van der Waals surface area (Å²) < 4.78 is 0. The molecule has 3 atom stereocenters. The van der Waals surface area contributed by atoms with Gasteiger partial charge in [-0.1, -0.05) is 30.3 Å². The second kappa shape index (κ2) is 6.54. The van der Waals surface area contributed by atoms with Crippen LogP contribution in [0.15, 0.2) is 30.3 Å². The Hall–Kier alpha value is -1.72. The fraction of sp³-hybridized carbons (Fsp3) is 0.500. The van der Waals surface area contributed by atoms with Crippen LogP contribution in [0.2, 0.25) is 0 Å². The smallest absolute Gasteiger partial charge is 0.228 e. The molecule has 4 rings (SSSR count). The molecule has 2 aromatic rings. The zero-order chi connectivity index (χ0) is 17.4. The summed E-state index contributed by atoms with van der Waals surface area (Å²) in [7, 11) is 0. The Morgan fingerprint density at radius 1 is 1.32 bits per heavy atom. The van der Waals surface area contributed by atoms with Gasteiger partial charge < -0.3 is 10.6 Å². The Labute approximate surface area is 153 Å². The molecule has 0 aliphatic carbocycles. The van der Waals surface area contributed by atoms with Gasteiger partial charge in [0.05, 0.1) is 22.7 Å². The average Bonchev–Trinajstić information content (AvgIpc) is 3.28. The molecular weight excluding hydrogens is 330 g/mol. The number of carbonyl (C=O) groups is 1. The Morgan fingerprint density at radius 2 is 2.12 bits per heavy atom. The monoisotopic (exact) mass is 355 g/mol. The summed E-state index contributed by atoms with van der Waals surface area (Å²) >= 11 is 1.68. The molecule has 2 fully saturated rings. The number of hydrogen-bond acceptors (Lipinski definition) is 4. The highest BCUT2D eigenvalue weighted by Crippen LogP contribution is 2.46. The van der Waals surface area contributed by atoms with Crippen LogP contribution in [0.25, 0.3) is 0 Å². The van der Waals surface area contributed by atoms with Gasteiger partial charge in [-0.2, -0.15) is 0 Å². The molecule has 1 amide bonds. The minimum absolute atomic E-state index is 0.196. The van der Waals surface area contributed by atoms with Crippen molar-refractivity contribution in [2.75, 3.05) is 0 Å². The first kappa shape index (κ1) is 16.7. The summed E-state index contributed by atoms with van der Waals surface area (Å²) in [5.41, 5.74) is 1.96. The summed E-state index contributed by atoms with van der Waals surface area (Å²) in [5.74, 6) is 0.196. The Morgan fingerprint density at radius 3 is 2.72 bits per heavy atom. The van der Waals surface area contributed by atoms with Crippen molar-refractivity contribution < 1.29 is 4.79 Å². The number of rotatable bonds is 5. The number of nitrogens with one attached hydrogen (secondary N) is 2. The van der Waals surface area contributed by atoms with Crippen molar-refractivity contribution in [2.24, 2.45) is 5.41 Å². The first-order valence-electron chi connectivity index (χ1n) is 9.08. The van der Waals surface area contributed by atoms with Gasteiger partial charge in [0, 0.05) is 17.0 Å². The summed E-state index contributed by atoms with van der Waals surface area (Å²) in [6.45, 7) is 4.62. The summed E-state index contributed by atoms with van der Waals surface area (Å²) in [6, 6.07) is 11.2. The van der Waals surface area contributed by atoms with Crippen LogP contribution in [0, 0.1) is 19.3 Å². The lowest BCUT2D eigenvalue weighted by molar-refractivity contribution is -0.132. The number of aryl methyl sites for hydroxylation is 2. The van der Waals surface area contributed by atoms with E-state index in [0.717, 1.165) is 34.8 Å². The predicted molar refractivity (Wildman–Crippen MR) is 101 cm³/mol. The molecule has 3 heterocycles. The van der Waals surface area contributed by atoms with Gasteiger partial charge in [-0.3, -0.25) is 4.79 Å². The van der Waals surface area contributed by atoms with Gasteiger partial charge in [0.2, 0.25) is 5.91 Å². The molecule has 1 aromatic carbocycles. The number of thiazole rings is 1. The summed E-state index contributed by atoms with van der Waals surface area (Å²) in [6.07, 6.45) is 4.05. The maximum atomic E-state index is 13.3. The van der Waals surface area contributed by atoms with E-state index in [9.17, 15) is 4.79 Å². The molecule has 4 nitrogen and oxygen atoms in total. The molecule has 2 bridgehead atoms. The molecule has 0 spiro atoms. The van der Waals surface area contributed by atoms with E-state index in [1.54, 1.807) is 11.3 Å². The topological polar surface area (TPSA) is 54.0 Å². The van der Waals surface area contributed by atoms with Crippen LogP contribution in [0.3, 0.4) is 0 Å². The standard InChI is InChI=1S/C20H25N3OS/c1-13-17(25-14(2)22-13)12-21-19(24)20(10-15-6-4-3-5-7-15)11-16-8-9-18(20)23-16/h3-7,16,18,23H,8-12H2,1-2H3,(H,21,24)/t16-,18+,20+/m0/s1. The fourth-order valence-electron chi connectivity index (χ4n) is 4.56. The molecule has 2 aliphatic heterocycles. The summed E-state index contributed by atoms with van der Waals surface area (Å²) in [5, 5.41) is 7.95. The number of carbonyl (C=O) groups excluding carboxylic acids is 1. The normalized spacial score (nSPS) is 27.6. The van der Waals surface area contributed by atoms with E-state index >= 15 is 0 Å². The number of hydrogen-bond donors (Lipinski definition) is 2. The molecule has 0 saturated carbocycles. The third-order valence-corrected chi connectivity index (χ3v) is 6.81. The first-order chi connectivity index (χ1) is 12.1. The molecule has 25 heavy (non-hydrogen) atoms. The van der Waals surface area contributed by atoms with Gasteiger partial charge in [-0.05, 0) is 45.1 Å². The zero-order valence-corrected chi connectivity index (χ0v) is 15.7. The molecule has 2 N–H and O–H groups in total. The van der Waals surface area contributed by atoms with Crippen LogP contribution in [-0.2, 0) is 17.8 Å². The van der Waals surface area contributed by atoms with Crippen molar-refractivity contribution in [1.82, 2.24) is 15.6 Å². The van der Waals surface area contributed by atoms with Crippen LogP contribution in [-0.4, -0.2) is 23.0 Å². The zero-order valence-electron chi connectivity index (χ0n) is 14.8. The third-order valence-electron chi connectivity index (χ3n) is 5.74. The molecule has 0 radical (unpaired) electrons. The second-order valence-electron chi connectivity index (χ2n) is 7.44. The number of benzene rings is 1. The molecule has 5 heteroatoms. The van der Waals surface area contributed by atoms with E-state index in [0.29, 0.717) is 18.6 Å². The fourth-order valence-corrected chi connectivity index (χ4v) is 5.44. The highest BCUT2D eigenvalue weighted by Gasteiger charge is 2.55.